The van der Waals surface area contributed by atoms with E-state index in [1.165, 1.54) is 10.9 Å². The summed E-state index contributed by atoms with van der Waals surface area (Å²) in [6.07, 6.45) is 1.50. The quantitative estimate of drug-likeness (QED) is 0.765. The molecule has 0 aliphatic rings. The molecule has 0 aromatic carbocycles. The van der Waals surface area contributed by atoms with Crippen molar-refractivity contribution in [3.8, 4) is 0 Å². The third-order valence-corrected chi connectivity index (χ3v) is 2.22. The molecule has 1 rings (SSSR count). The predicted octanol–water partition coefficient (Wildman–Crippen LogP) is 0.484. The Labute approximate surface area is 83.5 Å². The van der Waals surface area contributed by atoms with Gasteiger partial charge in [0.25, 0.3) is 5.91 Å². The van der Waals surface area contributed by atoms with Gasteiger partial charge in [0.15, 0.2) is 0 Å². The highest BCUT2D eigenvalue weighted by atomic mass is 16.2. The molecule has 1 heterocycles. The van der Waals surface area contributed by atoms with E-state index in [-0.39, 0.29) is 5.91 Å². The molecule has 0 atom stereocenters. The van der Waals surface area contributed by atoms with Crippen LogP contribution in [0, 0.1) is 0 Å². The van der Waals surface area contributed by atoms with Crippen LogP contribution in [0.1, 0.15) is 24.3 Å². The molecule has 0 aliphatic carbocycles. The molecule has 0 unspecified atom stereocenters. The van der Waals surface area contributed by atoms with Crippen molar-refractivity contribution in [1.29, 1.82) is 0 Å². The Hall–Kier alpha value is -1.52. The SMILES string of the molecule is CCN(CC)C(=O)c1c(N)cnn1C. The second kappa shape index (κ2) is 4.13. The number of nitrogen functional groups attached to an aromatic ring is 1. The maximum atomic E-state index is 11.9. The molecule has 0 bridgehead atoms. The molecule has 5 nitrogen and oxygen atoms in total. The van der Waals surface area contributed by atoms with Crippen molar-refractivity contribution >= 4 is 11.6 Å². The zero-order chi connectivity index (χ0) is 10.7. The third-order valence-electron chi connectivity index (χ3n) is 2.22. The number of carbonyl (C=O) groups excluding carboxylic acids is 1. The Morgan fingerprint density at radius 3 is 2.50 bits per heavy atom. The fraction of sp³-hybridized carbons (Fsp3) is 0.556. The van der Waals surface area contributed by atoms with Gasteiger partial charge in [0.2, 0.25) is 0 Å². The summed E-state index contributed by atoms with van der Waals surface area (Å²) >= 11 is 0. The molecule has 0 radical (unpaired) electrons. The van der Waals surface area contributed by atoms with E-state index in [1.807, 2.05) is 13.8 Å². The molecule has 1 amide bonds. The Kier molecular flexibility index (Phi) is 3.11. The lowest BCUT2D eigenvalue weighted by Gasteiger charge is -2.18. The lowest BCUT2D eigenvalue weighted by Crippen LogP contribution is -2.32. The Balaban J connectivity index is 2.99. The second-order valence-electron chi connectivity index (χ2n) is 3.05. The number of aryl methyl sites for hydroxylation is 1. The van der Waals surface area contributed by atoms with Crippen LogP contribution in [0.25, 0.3) is 0 Å². The number of carbonyl (C=O) groups is 1. The highest BCUT2D eigenvalue weighted by molar-refractivity contribution is 5.97. The topological polar surface area (TPSA) is 64.2 Å². The van der Waals surface area contributed by atoms with E-state index in [0.29, 0.717) is 24.5 Å². The fourth-order valence-corrected chi connectivity index (χ4v) is 1.38. The zero-order valence-corrected chi connectivity index (χ0v) is 8.82. The lowest BCUT2D eigenvalue weighted by atomic mass is 10.3. The van der Waals surface area contributed by atoms with E-state index in [2.05, 4.69) is 5.10 Å². The van der Waals surface area contributed by atoms with Gasteiger partial charge >= 0.3 is 0 Å². The van der Waals surface area contributed by atoms with E-state index < -0.39 is 0 Å². The standard InChI is InChI=1S/C9H16N4O/c1-4-13(5-2)9(14)8-7(10)6-11-12(8)3/h6H,4-5,10H2,1-3H3. The van der Waals surface area contributed by atoms with E-state index in [9.17, 15) is 4.79 Å². The Morgan fingerprint density at radius 1 is 1.57 bits per heavy atom. The molecule has 2 N–H and O–H groups in total. The molecule has 0 saturated carbocycles. The van der Waals surface area contributed by atoms with Crippen molar-refractivity contribution in [3.05, 3.63) is 11.9 Å². The largest absolute Gasteiger partial charge is 0.396 e. The molecule has 1 aromatic rings. The predicted molar refractivity (Wildman–Crippen MR) is 54.9 cm³/mol. The number of nitrogens with two attached hydrogens (primary N) is 1. The number of rotatable bonds is 3. The van der Waals surface area contributed by atoms with Crippen LogP contribution >= 0.6 is 0 Å². The molecule has 78 valence electrons. The van der Waals surface area contributed by atoms with E-state index in [4.69, 9.17) is 5.73 Å². The van der Waals surface area contributed by atoms with Crippen molar-refractivity contribution in [2.75, 3.05) is 18.8 Å². The van der Waals surface area contributed by atoms with Gasteiger partial charge in [-0.3, -0.25) is 9.48 Å². The van der Waals surface area contributed by atoms with Crippen LogP contribution in [-0.4, -0.2) is 33.7 Å². The summed E-state index contributed by atoms with van der Waals surface area (Å²) in [6.45, 7) is 5.24. The lowest BCUT2D eigenvalue weighted by molar-refractivity contribution is 0.0763. The number of hydrogen-bond donors (Lipinski definition) is 1. The number of nitrogens with zero attached hydrogens (tertiary/aromatic N) is 3. The summed E-state index contributed by atoms with van der Waals surface area (Å²) in [5.74, 6) is -0.0625. The number of aromatic nitrogens is 2. The normalized spacial score (nSPS) is 10.2. The van der Waals surface area contributed by atoms with Crippen LogP contribution in [0.5, 0.6) is 0 Å². The molecule has 5 heteroatoms. The molecule has 0 fully saturated rings. The van der Waals surface area contributed by atoms with Gasteiger partial charge in [-0.05, 0) is 13.8 Å². The first kappa shape index (κ1) is 10.6. The first-order valence-corrected chi connectivity index (χ1v) is 4.68. The van der Waals surface area contributed by atoms with E-state index in [0.717, 1.165) is 0 Å². The smallest absolute Gasteiger partial charge is 0.274 e. The maximum Gasteiger partial charge on any atom is 0.274 e. The molecular weight excluding hydrogens is 180 g/mol. The molecule has 0 aliphatic heterocycles. The van der Waals surface area contributed by atoms with Crippen molar-refractivity contribution < 1.29 is 4.79 Å². The average Bonchev–Trinajstić information content (AvgIpc) is 2.48. The molecule has 14 heavy (non-hydrogen) atoms. The van der Waals surface area contributed by atoms with Gasteiger partial charge in [0.05, 0.1) is 11.9 Å². The first-order chi connectivity index (χ1) is 6.61. The van der Waals surface area contributed by atoms with Crippen LogP contribution in [0.4, 0.5) is 5.69 Å². The molecule has 0 spiro atoms. The van der Waals surface area contributed by atoms with Gasteiger partial charge in [0.1, 0.15) is 5.69 Å². The van der Waals surface area contributed by atoms with Crippen molar-refractivity contribution in [3.63, 3.8) is 0 Å². The van der Waals surface area contributed by atoms with Gasteiger partial charge in [-0.15, -0.1) is 0 Å². The summed E-state index contributed by atoms with van der Waals surface area (Å²) in [5.41, 5.74) is 6.56. The Bertz CT molecular complexity index is 308. The van der Waals surface area contributed by atoms with Crippen LogP contribution in [0.3, 0.4) is 0 Å². The molecular formula is C9H16N4O. The van der Waals surface area contributed by atoms with Crippen molar-refractivity contribution in [1.82, 2.24) is 14.7 Å². The maximum absolute atomic E-state index is 11.9. The van der Waals surface area contributed by atoms with E-state index in [1.54, 1.807) is 11.9 Å². The summed E-state index contributed by atoms with van der Waals surface area (Å²) in [7, 11) is 1.72. The van der Waals surface area contributed by atoms with Gasteiger partial charge in [-0.2, -0.15) is 5.10 Å². The molecule has 1 aromatic heterocycles. The minimum atomic E-state index is -0.0625. The van der Waals surface area contributed by atoms with Crippen LogP contribution in [0.2, 0.25) is 0 Å². The van der Waals surface area contributed by atoms with Crippen LogP contribution < -0.4 is 5.73 Å². The van der Waals surface area contributed by atoms with Crippen molar-refractivity contribution in [2.24, 2.45) is 7.05 Å². The average molecular weight is 196 g/mol. The summed E-state index contributed by atoms with van der Waals surface area (Å²) in [4.78, 5) is 13.6. The monoisotopic (exact) mass is 196 g/mol. The summed E-state index contributed by atoms with van der Waals surface area (Å²) < 4.78 is 1.51. The van der Waals surface area contributed by atoms with E-state index >= 15 is 0 Å². The highest BCUT2D eigenvalue weighted by Gasteiger charge is 2.19. The molecule has 0 saturated heterocycles. The van der Waals surface area contributed by atoms with Gasteiger partial charge in [0, 0.05) is 20.1 Å². The summed E-state index contributed by atoms with van der Waals surface area (Å²) in [6, 6.07) is 0. The van der Waals surface area contributed by atoms with Gasteiger partial charge in [-0.1, -0.05) is 0 Å². The van der Waals surface area contributed by atoms with Crippen LogP contribution in [-0.2, 0) is 7.05 Å². The van der Waals surface area contributed by atoms with Gasteiger partial charge in [-0.25, -0.2) is 0 Å². The number of hydrogen-bond acceptors (Lipinski definition) is 3. The second-order valence-corrected chi connectivity index (χ2v) is 3.05. The minimum Gasteiger partial charge on any atom is -0.396 e. The van der Waals surface area contributed by atoms with Crippen LogP contribution in [0.15, 0.2) is 6.20 Å². The minimum absolute atomic E-state index is 0.0625. The number of anilines is 1. The highest BCUT2D eigenvalue weighted by Crippen LogP contribution is 2.12. The summed E-state index contributed by atoms with van der Waals surface area (Å²) in [5, 5.41) is 3.93. The first-order valence-electron chi connectivity index (χ1n) is 4.68. The zero-order valence-electron chi connectivity index (χ0n) is 8.82. The fourth-order valence-electron chi connectivity index (χ4n) is 1.38. The number of amides is 1. The Morgan fingerprint density at radius 2 is 2.14 bits per heavy atom. The van der Waals surface area contributed by atoms with Crippen molar-refractivity contribution in [2.45, 2.75) is 13.8 Å². The van der Waals surface area contributed by atoms with Gasteiger partial charge < -0.3 is 10.6 Å². The third kappa shape index (κ3) is 1.71.